The van der Waals surface area contributed by atoms with E-state index in [-0.39, 0.29) is 5.91 Å². The second-order valence-electron chi connectivity index (χ2n) is 5.65. The monoisotopic (exact) mass is 401 g/mol. The maximum atomic E-state index is 11.7. The maximum absolute atomic E-state index is 11.7. The van der Waals surface area contributed by atoms with E-state index >= 15 is 0 Å². The summed E-state index contributed by atoms with van der Waals surface area (Å²) in [6.07, 6.45) is 2.58. The van der Waals surface area contributed by atoms with E-state index in [2.05, 4.69) is 5.32 Å². The summed E-state index contributed by atoms with van der Waals surface area (Å²) in [4.78, 5) is 12.3. The SMILES string of the molecule is COc1ccc(OCCCOc2ccc(/C=C3/SC(=S)NC3=O)cc2)cc1. The average Bonchev–Trinajstić information content (AvgIpc) is 3.00. The first-order valence-electron chi connectivity index (χ1n) is 8.38. The molecular formula is C20H19NO4S2. The van der Waals surface area contributed by atoms with E-state index in [9.17, 15) is 4.79 Å². The molecular weight excluding hydrogens is 382 g/mol. The molecule has 0 saturated carbocycles. The highest BCUT2D eigenvalue weighted by molar-refractivity contribution is 8.26. The zero-order valence-corrected chi connectivity index (χ0v) is 16.4. The molecule has 0 atom stereocenters. The largest absolute Gasteiger partial charge is 0.497 e. The van der Waals surface area contributed by atoms with E-state index in [1.54, 1.807) is 7.11 Å². The summed E-state index contributed by atoms with van der Waals surface area (Å²) in [6.45, 7) is 1.13. The normalized spacial score (nSPS) is 14.9. The van der Waals surface area contributed by atoms with Crippen LogP contribution in [0.25, 0.3) is 6.08 Å². The van der Waals surface area contributed by atoms with Gasteiger partial charge in [0, 0.05) is 6.42 Å². The molecule has 0 radical (unpaired) electrons. The third-order valence-electron chi connectivity index (χ3n) is 3.71. The standard InChI is InChI=1S/C20H19NO4S2/c1-23-15-7-9-17(10-8-15)25-12-2-11-24-16-5-3-14(4-6-16)13-18-19(22)21-20(26)27-18/h3-10,13H,2,11-12H2,1H3,(H,21,22,26)/b18-13+. The topological polar surface area (TPSA) is 56.8 Å². The summed E-state index contributed by atoms with van der Waals surface area (Å²) >= 11 is 6.25. The summed E-state index contributed by atoms with van der Waals surface area (Å²) in [5, 5.41) is 2.60. The molecule has 7 heteroatoms. The molecule has 140 valence electrons. The van der Waals surface area contributed by atoms with Crippen LogP contribution in [-0.4, -0.2) is 30.6 Å². The number of methoxy groups -OCH3 is 1. The summed E-state index contributed by atoms with van der Waals surface area (Å²) in [7, 11) is 1.64. The van der Waals surface area contributed by atoms with E-state index in [4.69, 9.17) is 26.4 Å². The predicted octanol–water partition coefficient (Wildman–Crippen LogP) is 4.03. The van der Waals surface area contributed by atoms with Crippen molar-refractivity contribution in [1.29, 1.82) is 0 Å². The highest BCUT2D eigenvalue weighted by Gasteiger charge is 2.21. The van der Waals surface area contributed by atoms with Gasteiger partial charge in [0.25, 0.3) is 5.91 Å². The molecule has 1 amide bonds. The van der Waals surface area contributed by atoms with Crippen molar-refractivity contribution >= 4 is 40.3 Å². The van der Waals surface area contributed by atoms with Gasteiger partial charge in [0.05, 0.1) is 25.2 Å². The molecule has 1 aliphatic rings. The zero-order valence-electron chi connectivity index (χ0n) is 14.8. The Balaban J connectivity index is 1.40. The Morgan fingerprint density at radius 3 is 2.04 bits per heavy atom. The van der Waals surface area contributed by atoms with Crippen LogP contribution in [0.3, 0.4) is 0 Å². The lowest BCUT2D eigenvalue weighted by Gasteiger charge is -2.09. The smallest absolute Gasteiger partial charge is 0.263 e. The van der Waals surface area contributed by atoms with Gasteiger partial charge in [0.15, 0.2) is 0 Å². The van der Waals surface area contributed by atoms with Crippen LogP contribution in [0.15, 0.2) is 53.4 Å². The molecule has 3 rings (SSSR count). The van der Waals surface area contributed by atoms with Crippen LogP contribution in [-0.2, 0) is 4.79 Å². The molecule has 27 heavy (non-hydrogen) atoms. The number of hydrogen-bond acceptors (Lipinski definition) is 6. The number of carbonyl (C=O) groups excluding carboxylic acids is 1. The molecule has 2 aromatic carbocycles. The fourth-order valence-electron chi connectivity index (χ4n) is 2.34. The third-order valence-corrected chi connectivity index (χ3v) is 4.87. The van der Waals surface area contributed by atoms with E-state index < -0.39 is 0 Å². The Labute approximate surface area is 167 Å². The first-order valence-corrected chi connectivity index (χ1v) is 9.61. The first-order chi connectivity index (χ1) is 13.1. The van der Waals surface area contributed by atoms with Gasteiger partial charge in [0.1, 0.15) is 21.6 Å². The number of nitrogens with one attached hydrogen (secondary N) is 1. The van der Waals surface area contributed by atoms with Gasteiger partial charge in [-0.25, -0.2) is 0 Å². The van der Waals surface area contributed by atoms with Gasteiger partial charge in [-0.05, 0) is 48.0 Å². The zero-order chi connectivity index (χ0) is 19.1. The predicted molar refractivity (Wildman–Crippen MR) is 111 cm³/mol. The molecule has 1 aliphatic heterocycles. The van der Waals surface area contributed by atoms with Crippen LogP contribution >= 0.6 is 24.0 Å². The number of benzene rings is 2. The highest BCUT2D eigenvalue weighted by atomic mass is 32.2. The van der Waals surface area contributed by atoms with E-state index in [0.29, 0.717) is 22.4 Å². The van der Waals surface area contributed by atoms with Gasteiger partial charge in [0.2, 0.25) is 0 Å². The number of thioether (sulfide) groups is 1. The fourth-order valence-corrected chi connectivity index (χ4v) is 3.39. The Bertz CT molecular complexity index is 832. The molecule has 0 bridgehead atoms. The van der Waals surface area contributed by atoms with Crippen LogP contribution in [0.4, 0.5) is 0 Å². The number of rotatable bonds is 8. The Morgan fingerprint density at radius 2 is 1.52 bits per heavy atom. The van der Waals surface area contributed by atoms with Crippen molar-refractivity contribution in [3.05, 3.63) is 59.0 Å². The van der Waals surface area contributed by atoms with Crippen LogP contribution in [0.1, 0.15) is 12.0 Å². The van der Waals surface area contributed by atoms with Gasteiger partial charge in [-0.15, -0.1) is 0 Å². The maximum Gasteiger partial charge on any atom is 0.263 e. The molecule has 1 saturated heterocycles. The number of carbonyl (C=O) groups is 1. The number of ether oxygens (including phenoxy) is 3. The van der Waals surface area contributed by atoms with E-state index in [1.165, 1.54) is 11.8 Å². The summed E-state index contributed by atoms with van der Waals surface area (Å²) < 4.78 is 17.0. The van der Waals surface area contributed by atoms with Gasteiger partial charge < -0.3 is 19.5 Å². The van der Waals surface area contributed by atoms with Crippen molar-refractivity contribution in [3.8, 4) is 17.2 Å². The number of hydrogen-bond donors (Lipinski definition) is 1. The lowest BCUT2D eigenvalue weighted by atomic mass is 10.2. The number of thiocarbonyl (C=S) groups is 1. The lowest BCUT2D eigenvalue weighted by Crippen LogP contribution is -2.17. The molecule has 1 N–H and O–H groups in total. The Kier molecular flexibility index (Phi) is 6.73. The van der Waals surface area contributed by atoms with Gasteiger partial charge in [-0.1, -0.05) is 36.1 Å². The van der Waals surface area contributed by atoms with Crippen LogP contribution in [0.2, 0.25) is 0 Å². The molecule has 1 heterocycles. The summed E-state index contributed by atoms with van der Waals surface area (Å²) in [5.41, 5.74) is 0.924. The molecule has 2 aromatic rings. The van der Waals surface area contributed by atoms with Crippen molar-refractivity contribution in [1.82, 2.24) is 5.32 Å². The molecule has 0 unspecified atom stereocenters. The van der Waals surface area contributed by atoms with Gasteiger partial charge in [-0.3, -0.25) is 4.79 Å². The third kappa shape index (κ3) is 5.74. The van der Waals surface area contributed by atoms with Crippen LogP contribution in [0, 0.1) is 0 Å². The summed E-state index contributed by atoms with van der Waals surface area (Å²) in [6, 6.07) is 15.1. The highest BCUT2D eigenvalue weighted by Crippen LogP contribution is 2.26. The second-order valence-corrected chi connectivity index (χ2v) is 7.37. The molecule has 1 fully saturated rings. The van der Waals surface area contributed by atoms with Crippen molar-refractivity contribution in [2.24, 2.45) is 0 Å². The van der Waals surface area contributed by atoms with Crippen molar-refractivity contribution in [3.63, 3.8) is 0 Å². The minimum atomic E-state index is -0.151. The van der Waals surface area contributed by atoms with Crippen molar-refractivity contribution in [2.45, 2.75) is 6.42 Å². The van der Waals surface area contributed by atoms with Crippen LogP contribution in [0.5, 0.6) is 17.2 Å². The van der Waals surface area contributed by atoms with Gasteiger partial charge in [-0.2, -0.15) is 0 Å². The van der Waals surface area contributed by atoms with Crippen LogP contribution < -0.4 is 19.5 Å². The average molecular weight is 402 g/mol. The number of amides is 1. The second kappa shape index (κ2) is 9.43. The minimum Gasteiger partial charge on any atom is -0.497 e. The van der Waals surface area contributed by atoms with Crippen molar-refractivity contribution < 1.29 is 19.0 Å². The van der Waals surface area contributed by atoms with E-state index in [1.807, 2.05) is 54.6 Å². The minimum absolute atomic E-state index is 0.151. The Hall–Kier alpha value is -2.51. The molecule has 5 nitrogen and oxygen atoms in total. The molecule has 0 aromatic heterocycles. The quantitative estimate of drug-likeness (QED) is 0.409. The van der Waals surface area contributed by atoms with Crippen molar-refractivity contribution in [2.75, 3.05) is 20.3 Å². The summed E-state index contributed by atoms with van der Waals surface area (Å²) in [5.74, 6) is 2.24. The Morgan fingerprint density at radius 1 is 0.963 bits per heavy atom. The molecule has 0 aliphatic carbocycles. The fraction of sp³-hybridized carbons (Fsp3) is 0.200. The van der Waals surface area contributed by atoms with E-state index in [0.717, 1.165) is 29.2 Å². The first kappa shape index (κ1) is 19.3. The van der Waals surface area contributed by atoms with Gasteiger partial charge >= 0.3 is 0 Å². The molecule has 0 spiro atoms. The lowest BCUT2D eigenvalue weighted by molar-refractivity contribution is -0.115.